The largest absolute Gasteiger partial charge is 0.565 e. The third-order valence-corrected chi connectivity index (χ3v) is 0. The van der Waals surface area contributed by atoms with E-state index in [0.29, 0.717) is 0 Å². The highest BCUT2D eigenvalue weighted by Crippen LogP contribution is 1.73. The number of hydrogen-bond donors (Lipinski definition) is 3. The summed E-state index contributed by atoms with van der Waals surface area (Å²) < 4.78 is 1.00. The van der Waals surface area contributed by atoms with E-state index < -0.39 is 12.3 Å². The highest BCUT2D eigenvalue weighted by atomic mass is 16.6. The quantitative estimate of drug-likeness (QED) is 0.447. The predicted molar refractivity (Wildman–Crippen MR) is 42.6 cm³/mol. The van der Waals surface area contributed by atoms with Gasteiger partial charge in [0.15, 0.2) is 0 Å². The van der Waals surface area contributed by atoms with Crippen molar-refractivity contribution in [3.8, 4) is 0 Å². The summed E-state index contributed by atoms with van der Waals surface area (Å²) >= 11 is 0. The van der Waals surface area contributed by atoms with Crippen molar-refractivity contribution in [2.24, 2.45) is 0 Å². The minimum atomic E-state index is -2.08. The van der Waals surface area contributed by atoms with Crippen LogP contribution in [0.3, 0.4) is 0 Å². The first-order chi connectivity index (χ1) is 5.46. The van der Waals surface area contributed by atoms with E-state index in [9.17, 15) is 0 Å². The Bertz CT molecular complexity index is 124. The Hall–Kier alpha value is -1.50. The monoisotopic (exact) mass is 197 g/mol. The second-order valence-corrected chi connectivity index (χ2v) is 3.23. The van der Waals surface area contributed by atoms with Crippen LogP contribution in [0.5, 0.6) is 0 Å². The molecular formula is C6H15NO6. The molecule has 0 atom stereocenters. The molecule has 0 saturated carbocycles. The van der Waals surface area contributed by atoms with Gasteiger partial charge < -0.3 is 29.7 Å². The summed E-state index contributed by atoms with van der Waals surface area (Å²) in [5.74, 6) is 0. The maximum atomic E-state index is 8.56. The molecule has 80 valence electrons. The van der Waals surface area contributed by atoms with Crippen molar-refractivity contribution >= 4 is 12.3 Å². The number of carbonyl (C=O) groups is 2. The van der Waals surface area contributed by atoms with Crippen LogP contribution in [0.1, 0.15) is 0 Å². The van der Waals surface area contributed by atoms with Crippen LogP contribution in [0.2, 0.25) is 0 Å². The Kier molecular flexibility index (Phi) is 11.6. The Balaban J connectivity index is -0.000000117. The Morgan fingerprint density at radius 2 is 1.00 bits per heavy atom. The minimum Gasteiger partial charge on any atom is -0.565 e. The standard InChI is InChI=1S/C4H12N.2CH2O3/c1-5(2,3)4;2*2-1(3)4/h1-4H3;2*(H2,2,3,4)/q+1;;/p-1. The van der Waals surface area contributed by atoms with E-state index in [2.05, 4.69) is 28.2 Å². The van der Waals surface area contributed by atoms with Crippen LogP contribution >= 0.6 is 0 Å². The highest BCUT2D eigenvalue weighted by molar-refractivity contribution is 5.53. The van der Waals surface area contributed by atoms with Crippen LogP contribution in [-0.2, 0) is 0 Å². The van der Waals surface area contributed by atoms with Crippen molar-refractivity contribution in [3.63, 3.8) is 0 Å². The second-order valence-electron chi connectivity index (χ2n) is 3.23. The van der Waals surface area contributed by atoms with Crippen LogP contribution in [0.15, 0.2) is 0 Å². The van der Waals surface area contributed by atoms with E-state index in [1.165, 1.54) is 0 Å². The molecule has 0 aromatic heterocycles. The lowest BCUT2D eigenvalue weighted by molar-refractivity contribution is -0.849. The summed E-state index contributed by atoms with van der Waals surface area (Å²) in [6, 6.07) is 0. The first kappa shape index (κ1) is 17.5. The summed E-state index contributed by atoms with van der Waals surface area (Å²) in [5, 5.41) is 29.2. The van der Waals surface area contributed by atoms with Gasteiger partial charge in [0.05, 0.1) is 28.2 Å². The molecule has 0 rings (SSSR count). The zero-order chi connectivity index (χ0) is 11.7. The summed E-state index contributed by atoms with van der Waals surface area (Å²) in [6.45, 7) is 0. The van der Waals surface area contributed by atoms with Crippen molar-refractivity contribution in [1.82, 2.24) is 0 Å². The number of hydrogen-bond acceptors (Lipinski definition) is 3. The number of carboxylic acid groups (broad SMARTS) is 4. The molecule has 0 saturated heterocycles. The van der Waals surface area contributed by atoms with Crippen LogP contribution in [-0.4, -0.2) is 60.3 Å². The van der Waals surface area contributed by atoms with Gasteiger partial charge in [0.2, 0.25) is 6.16 Å². The van der Waals surface area contributed by atoms with Crippen LogP contribution in [0.4, 0.5) is 9.59 Å². The fourth-order valence-corrected chi connectivity index (χ4v) is 0. The van der Waals surface area contributed by atoms with E-state index in [-0.39, 0.29) is 0 Å². The Labute approximate surface area is 76.0 Å². The van der Waals surface area contributed by atoms with E-state index >= 15 is 0 Å². The van der Waals surface area contributed by atoms with Crippen molar-refractivity contribution in [3.05, 3.63) is 0 Å². The molecule has 0 unspecified atom stereocenters. The van der Waals surface area contributed by atoms with Gasteiger partial charge in [-0.2, -0.15) is 0 Å². The molecule has 3 N–H and O–H groups in total. The van der Waals surface area contributed by atoms with Crippen molar-refractivity contribution in [2.75, 3.05) is 28.2 Å². The molecule has 7 nitrogen and oxygen atoms in total. The molecule has 7 heteroatoms. The molecular weight excluding hydrogens is 182 g/mol. The van der Waals surface area contributed by atoms with Gasteiger partial charge in [0, 0.05) is 0 Å². The maximum absolute atomic E-state index is 8.56. The van der Waals surface area contributed by atoms with E-state index in [0.717, 1.165) is 4.48 Å². The minimum absolute atomic E-state index is 1.00. The molecule has 0 radical (unpaired) electrons. The van der Waals surface area contributed by atoms with E-state index in [4.69, 9.17) is 30.0 Å². The molecule has 0 amide bonds. The fraction of sp³-hybridized carbons (Fsp3) is 0.667. The van der Waals surface area contributed by atoms with Gasteiger partial charge in [-0.15, -0.1) is 0 Å². The molecule has 0 aromatic carbocycles. The lowest BCUT2D eigenvalue weighted by Gasteiger charge is -2.14. The predicted octanol–water partition coefficient (Wildman–Crippen LogP) is -0.567. The Morgan fingerprint density at radius 1 is 1.00 bits per heavy atom. The summed E-state index contributed by atoms with van der Waals surface area (Å²) in [6.07, 6.45) is -3.92. The lowest BCUT2D eigenvalue weighted by atomic mass is 10.8. The number of rotatable bonds is 0. The normalized spacial score (nSPS) is 8.31. The van der Waals surface area contributed by atoms with Gasteiger partial charge in [-0.25, -0.2) is 4.79 Å². The summed E-state index contributed by atoms with van der Waals surface area (Å²) in [7, 11) is 8.50. The molecule has 0 fully saturated rings. The average Bonchev–Trinajstić information content (AvgIpc) is 1.50. The zero-order valence-corrected chi connectivity index (χ0v) is 8.01. The Morgan fingerprint density at radius 3 is 1.00 bits per heavy atom. The van der Waals surface area contributed by atoms with Gasteiger partial charge in [-0.3, -0.25) is 0 Å². The average molecular weight is 197 g/mol. The number of quaternary nitrogens is 1. The van der Waals surface area contributed by atoms with Gasteiger partial charge in [-0.05, 0) is 0 Å². The van der Waals surface area contributed by atoms with Crippen LogP contribution < -0.4 is 5.11 Å². The first-order valence-corrected chi connectivity index (χ1v) is 3.07. The van der Waals surface area contributed by atoms with Crippen molar-refractivity contribution < 1.29 is 34.5 Å². The van der Waals surface area contributed by atoms with Crippen molar-refractivity contribution in [1.29, 1.82) is 0 Å². The molecule has 13 heavy (non-hydrogen) atoms. The molecule has 0 aliphatic heterocycles. The van der Waals surface area contributed by atoms with Gasteiger partial charge in [0.25, 0.3) is 0 Å². The summed E-state index contributed by atoms with van der Waals surface area (Å²) in [4.78, 5) is 17.0. The van der Waals surface area contributed by atoms with Crippen molar-refractivity contribution in [2.45, 2.75) is 0 Å². The van der Waals surface area contributed by atoms with E-state index in [1.54, 1.807) is 0 Å². The molecule has 0 aromatic rings. The topological polar surface area (TPSA) is 118 Å². The van der Waals surface area contributed by atoms with Crippen LogP contribution in [0, 0.1) is 0 Å². The molecule has 0 aliphatic carbocycles. The molecule has 0 heterocycles. The molecule has 0 spiro atoms. The smallest absolute Gasteiger partial charge is 0.503 e. The summed E-state index contributed by atoms with van der Waals surface area (Å²) in [5.41, 5.74) is 0. The third-order valence-electron chi connectivity index (χ3n) is 0. The van der Waals surface area contributed by atoms with Gasteiger partial charge in [-0.1, -0.05) is 0 Å². The molecule has 0 aliphatic rings. The number of nitrogens with zero attached hydrogens (tertiary/aromatic N) is 1. The maximum Gasteiger partial charge on any atom is 0.503 e. The highest BCUT2D eigenvalue weighted by Gasteiger charge is 1.88. The lowest BCUT2D eigenvalue weighted by Crippen LogP contribution is -2.27. The van der Waals surface area contributed by atoms with Gasteiger partial charge >= 0.3 is 6.16 Å². The first-order valence-electron chi connectivity index (χ1n) is 3.07. The third kappa shape index (κ3) is 337. The van der Waals surface area contributed by atoms with Crippen LogP contribution in [0.25, 0.3) is 0 Å². The SMILES string of the molecule is C[N+](C)(C)C.O=C(O)O.O=C([O-])O. The molecule has 0 bridgehead atoms. The fourth-order valence-electron chi connectivity index (χ4n) is 0. The van der Waals surface area contributed by atoms with E-state index in [1.807, 2.05) is 0 Å². The van der Waals surface area contributed by atoms with Gasteiger partial charge in [0.1, 0.15) is 0 Å². The second kappa shape index (κ2) is 8.60. The zero-order valence-electron chi connectivity index (χ0n) is 8.01.